The maximum absolute atomic E-state index is 12.2. The molecule has 7 heteroatoms. The number of nitrogens with zero attached hydrogens (tertiary/aromatic N) is 3. The predicted octanol–water partition coefficient (Wildman–Crippen LogP) is 2.50. The summed E-state index contributed by atoms with van der Waals surface area (Å²) in [7, 11) is 1.60. The predicted molar refractivity (Wildman–Crippen MR) is 97.2 cm³/mol. The van der Waals surface area contributed by atoms with Crippen LogP contribution in [0.3, 0.4) is 0 Å². The fraction of sp³-hybridized carbons (Fsp3) is 0.278. The number of amides is 1. The standard InChI is InChI=1S/C18H18N4O2S/c1-24-18(13-5-3-2-4-6-13)14(15(19)23)7-9-22(18)17-20-11-12-8-10-25-16(12)21-17/h2-6,8,10-11,14H,7,9H2,1H3,(H2,19,23). The molecule has 2 atom stereocenters. The molecular weight excluding hydrogens is 336 g/mol. The molecule has 1 fully saturated rings. The van der Waals surface area contributed by atoms with Crippen LogP contribution in [-0.2, 0) is 15.3 Å². The smallest absolute Gasteiger partial charge is 0.229 e. The van der Waals surface area contributed by atoms with Crippen molar-refractivity contribution in [3.05, 3.63) is 53.5 Å². The highest BCUT2D eigenvalue weighted by Crippen LogP contribution is 2.45. The molecule has 2 unspecified atom stereocenters. The van der Waals surface area contributed by atoms with Crippen molar-refractivity contribution in [3.63, 3.8) is 0 Å². The lowest BCUT2D eigenvalue weighted by Gasteiger charge is -2.40. The third-order valence-corrected chi connectivity index (χ3v) is 5.62. The first-order valence-corrected chi connectivity index (χ1v) is 8.92. The molecule has 2 aromatic heterocycles. The maximum atomic E-state index is 12.2. The Morgan fingerprint density at radius 3 is 2.88 bits per heavy atom. The van der Waals surface area contributed by atoms with Crippen molar-refractivity contribution in [1.29, 1.82) is 0 Å². The van der Waals surface area contributed by atoms with Gasteiger partial charge in [-0.2, -0.15) is 0 Å². The number of thiophene rings is 1. The molecule has 128 valence electrons. The topological polar surface area (TPSA) is 81.3 Å². The van der Waals surface area contributed by atoms with Crippen LogP contribution in [0.15, 0.2) is 48.0 Å². The van der Waals surface area contributed by atoms with Crippen LogP contribution in [0.25, 0.3) is 10.2 Å². The van der Waals surface area contributed by atoms with Crippen molar-refractivity contribution >= 4 is 33.4 Å². The van der Waals surface area contributed by atoms with E-state index in [1.54, 1.807) is 24.6 Å². The second-order valence-corrected chi connectivity index (χ2v) is 6.91. The zero-order chi connectivity index (χ0) is 17.4. The van der Waals surface area contributed by atoms with Gasteiger partial charge in [-0.05, 0) is 17.9 Å². The number of methoxy groups -OCH3 is 1. The second-order valence-electron chi connectivity index (χ2n) is 6.01. The van der Waals surface area contributed by atoms with Gasteiger partial charge in [0, 0.05) is 30.8 Å². The number of carbonyl (C=O) groups is 1. The molecule has 25 heavy (non-hydrogen) atoms. The molecular formula is C18H18N4O2S. The van der Waals surface area contributed by atoms with Crippen LogP contribution >= 0.6 is 11.3 Å². The molecule has 3 heterocycles. The average Bonchev–Trinajstić information content (AvgIpc) is 3.26. The molecule has 0 radical (unpaired) electrons. The summed E-state index contributed by atoms with van der Waals surface area (Å²) in [5.41, 5.74) is 5.58. The number of benzene rings is 1. The van der Waals surface area contributed by atoms with E-state index in [9.17, 15) is 4.79 Å². The van der Waals surface area contributed by atoms with E-state index in [4.69, 9.17) is 10.5 Å². The van der Waals surface area contributed by atoms with E-state index >= 15 is 0 Å². The number of ether oxygens (including phenoxy) is 1. The fourth-order valence-electron chi connectivity index (χ4n) is 3.67. The van der Waals surface area contributed by atoms with Crippen LogP contribution in [0.5, 0.6) is 0 Å². The van der Waals surface area contributed by atoms with Crippen molar-refractivity contribution in [2.24, 2.45) is 11.7 Å². The van der Waals surface area contributed by atoms with Crippen LogP contribution < -0.4 is 10.6 Å². The molecule has 1 aliphatic heterocycles. The van der Waals surface area contributed by atoms with Crippen molar-refractivity contribution in [1.82, 2.24) is 9.97 Å². The zero-order valence-electron chi connectivity index (χ0n) is 13.8. The first-order chi connectivity index (χ1) is 12.2. The van der Waals surface area contributed by atoms with Gasteiger partial charge in [0.15, 0.2) is 5.72 Å². The first kappa shape index (κ1) is 16.0. The summed E-state index contributed by atoms with van der Waals surface area (Å²) in [5.74, 6) is -0.322. The molecule has 6 nitrogen and oxygen atoms in total. The lowest BCUT2D eigenvalue weighted by atomic mass is 9.88. The Bertz CT molecular complexity index is 914. The van der Waals surface area contributed by atoms with Crippen LogP contribution in [0.2, 0.25) is 0 Å². The molecule has 1 aliphatic rings. The Morgan fingerprint density at radius 1 is 1.36 bits per heavy atom. The number of fused-ring (bicyclic) bond motifs is 1. The Labute approximate surface area is 149 Å². The number of primary amides is 1. The SMILES string of the molecule is COC1(c2ccccc2)C(C(N)=O)CCN1c1ncc2ccsc2n1. The molecule has 3 aromatic rings. The van der Waals surface area contributed by atoms with Gasteiger partial charge in [0.1, 0.15) is 4.83 Å². The minimum atomic E-state index is -1.00. The first-order valence-electron chi connectivity index (χ1n) is 8.04. The summed E-state index contributed by atoms with van der Waals surface area (Å²) in [5, 5.41) is 2.99. The number of aromatic nitrogens is 2. The monoisotopic (exact) mass is 354 g/mol. The lowest BCUT2D eigenvalue weighted by molar-refractivity contribution is -0.132. The van der Waals surface area contributed by atoms with Gasteiger partial charge in [-0.25, -0.2) is 9.97 Å². The third kappa shape index (κ3) is 2.39. The van der Waals surface area contributed by atoms with E-state index in [1.165, 1.54) is 0 Å². The van der Waals surface area contributed by atoms with Gasteiger partial charge in [-0.15, -0.1) is 11.3 Å². The molecule has 0 aliphatic carbocycles. The number of hydrogen-bond donors (Lipinski definition) is 1. The van der Waals surface area contributed by atoms with Crippen molar-refractivity contribution in [3.8, 4) is 0 Å². The molecule has 2 N–H and O–H groups in total. The van der Waals surface area contributed by atoms with Gasteiger partial charge in [0.2, 0.25) is 11.9 Å². The zero-order valence-corrected chi connectivity index (χ0v) is 14.6. The minimum absolute atomic E-state index is 0.384. The van der Waals surface area contributed by atoms with E-state index in [0.29, 0.717) is 18.9 Å². The molecule has 0 saturated carbocycles. The normalized spacial score (nSPS) is 23.2. The summed E-state index contributed by atoms with van der Waals surface area (Å²) in [6.45, 7) is 0.590. The van der Waals surface area contributed by atoms with Crippen molar-refractivity contribution in [2.45, 2.75) is 12.1 Å². The quantitative estimate of drug-likeness (QED) is 0.778. The Hall–Kier alpha value is -2.51. The number of carbonyl (C=O) groups excluding carboxylic acids is 1. The van der Waals surface area contributed by atoms with Gasteiger partial charge in [0.25, 0.3) is 0 Å². The number of nitrogens with two attached hydrogens (primary N) is 1. The van der Waals surface area contributed by atoms with Gasteiger partial charge in [0.05, 0.1) is 5.92 Å². The Kier molecular flexibility index (Phi) is 3.89. The van der Waals surface area contributed by atoms with E-state index in [1.807, 2.05) is 46.7 Å². The summed E-state index contributed by atoms with van der Waals surface area (Å²) in [6, 6.07) is 11.7. The highest BCUT2D eigenvalue weighted by atomic mass is 32.1. The van der Waals surface area contributed by atoms with Crippen molar-refractivity contribution < 1.29 is 9.53 Å². The van der Waals surface area contributed by atoms with Crippen molar-refractivity contribution in [2.75, 3.05) is 18.6 Å². The fourth-order valence-corrected chi connectivity index (χ4v) is 4.41. The number of rotatable bonds is 4. The maximum Gasteiger partial charge on any atom is 0.229 e. The molecule has 4 rings (SSSR count). The number of hydrogen-bond acceptors (Lipinski definition) is 6. The lowest BCUT2D eigenvalue weighted by Crippen LogP contribution is -2.51. The Morgan fingerprint density at radius 2 is 2.16 bits per heavy atom. The van der Waals surface area contributed by atoms with Gasteiger partial charge in [-0.3, -0.25) is 4.79 Å². The summed E-state index contributed by atoms with van der Waals surface area (Å²) >= 11 is 1.56. The summed E-state index contributed by atoms with van der Waals surface area (Å²) < 4.78 is 5.97. The minimum Gasteiger partial charge on any atom is -0.369 e. The Balaban J connectivity index is 1.89. The summed E-state index contributed by atoms with van der Waals surface area (Å²) in [6.07, 6.45) is 2.39. The van der Waals surface area contributed by atoms with Gasteiger partial charge in [-0.1, -0.05) is 30.3 Å². The molecule has 0 bridgehead atoms. The second kappa shape index (κ2) is 6.09. The average molecular weight is 354 g/mol. The molecule has 0 spiro atoms. The highest BCUT2D eigenvalue weighted by molar-refractivity contribution is 7.16. The van der Waals surface area contributed by atoms with Crippen LogP contribution in [0.1, 0.15) is 12.0 Å². The van der Waals surface area contributed by atoms with Crippen LogP contribution in [0, 0.1) is 5.92 Å². The largest absolute Gasteiger partial charge is 0.369 e. The van der Waals surface area contributed by atoms with Crippen LogP contribution in [0.4, 0.5) is 5.95 Å². The van der Waals surface area contributed by atoms with E-state index < -0.39 is 11.6 Å². The molecule has 1 aromatic carbocycles. The third-order valence-electron chi connectivity index (χ3n) is 4.79. The van der Waals surface area contributed by atoms with Gasteiger partial charge < -0.3 is 15.4 Å². The van der Waals surface area contributed by atoms with E-state index in [0.717, 1.165) is 15.8 Å². The molecule has 1 amide bonds. The van der Waals surface area contributed by atoms with Crippen LogP contribution in [-0.4, -0.2) is 29.5 Å². The summed E-state index contributed by atoms with van der Waals surface area (Å²) in [4.78, 5) is 24.2. The number of anilines is 1. The highest BCUT2D eigenvalue weighted by Gasteiger charge is 2.54. The van der Waals surface area contributed by atoms with E-state index in [-0.39, 0.29) is 5.91 Å². The van der Waals surface area contributed by atoms with E-state index in [2.05, 4.69) is 9.97 Å². The van der Waals surface area contributed by atoms with Gasteiger partial charge >= 0.3 is 0 Å². The molecule has 1 saturated heterocycles.